The van der Waals surface area contributed by atoms with Crippen LogP contribution in [0.25, 0.3) is 0 Å². The maximum Gasteiger partial charge on any atom is 0.348 e. The lowest BCUT2D eigenvalue weighted by molar-refractivity contribution is 0.00752. The Hall–Kier alpha value is -1.82. The predicted molar refractivity (Wildman–Crippen MR) is 98.3 cm³/mol. The summed E-state index contributed by atoms with van der Waals surface area (Å²) in [5, 5.41) is 2.80. The second-order valence-electron chi connectivity index (χ2n) is 7.02. The average Bonchev–Trinajstić information content (AvgIpc) is 2.90. The third-order valence-corrected chi connectivity index (χ3v) is 3.93. The van der Waals surface area contributed by atoms with E-state index in [1.54, 1.807) is 17.0 Å². The van der Waals surface area contributed by atoms with Crippen molar-refractivity contribution in [1.29, 1.82) is 0 Å². The predicted octanol–water partition coefficient (Wildman–Crippen LogP) is 4.06. The van der Waals surface area contributed by atoms with Crippen LogP contribution in [0.5, 0.6) is 0 Å². The number of ether oxygens (including phenoxy) is 1. The molecule has 0 fully saturated rings. The molecule has 24 heavy (non-hydrogen) atoms. The van der Waals surface area contributed by atoms with E-state index >= 15 is 0 Å². The topological polar surface area (TPSA) is 58.6 Å². The Morgan fingerprint density at radius 2 is 2.04 bits per heavy atom. The molecule has 5 nitrogen and oxygen atoms in total. The fourth-order valence-corrected chi connectivity index (χ4v) is 2.92. The molecule has 0 saturated heterocycles. The molecule has 0 saturated carbocycles. The van der Waals surface area contributed by atoms with Gasteiger partial charge in [0.25, 0.3) is 0 Å². The molecular formula is C18H28N2O3S. The number of nitrogens with zero attached hydrogens (tertiary/aromatic N) is 1. The molecule has 0 unspecified atom stereocenters. The summed E-state index contributed by atoms with van der Waals surface area (Å²) < 4.78 is 5.37. The van der Waals surface area contributed by atoms with Crippen LogP contribution >= 0.6 is 11.3 Å². The lowest BCUT2D eigenvalue weighted by atomic mass is 10.2. The summed E-state index contributed by atoms with van der Waals surface area (Å²) >= 11 is 1.36. The minimum absolute atomic E-state index is 0.129. The molecule has 1 N–H and O–H groups in total. The van der Waals surface area contributed by atoms with Gasteiger partial charge in [-0.1, -0.05) is 19.9 Å². The van der Waals surface area contributed by atoms with Gasteiger partial charge in [-0.05, 0) is 38.8 Å². The minimum Gasteiger partial charge on any atom is -0.456 e. The lowest BCUT2D eigenvalue weighted by Crippen LogP contribution is -2.41. The maximum atomic E-state index is 12.3. The molecular weight excluding hydrogens is 324 g/mol. The largest absolute Gasteiger partial charge is 0.456 e. The number of hydrogen-bond acceptors (Lipinski definition) is 4. The molecule has 1 aromatic rings. The SMILES string of the molecule is C=CCNC(=O)N(Cc1ccc(C(=O)OC(C)(C)C)s1)CC(C)C. The molecule has 1 heterocycles. The first-order chi connectivity index (χ1) is 11.1. The number of amides is 2. The van der Waals surface area contributed by atoms with Gasteiger partial charge in [0.2, 0.25) is 0 Å². The summed E-state index contributed by atoms with van der Waals surface area (Å²) in [6.45, 7) is 14.8. The van der Waals surface area contributed by atoms with E-state index in [2.05, 4.69) is 25.7 Å². The number of rotatable bonds is 7. The minimum atomic E-state index is -0.518. The van der Waals surface area contributed by atoms with E-state index in [1.165, 1.54) is 11.3 Å². The van der Waals surface area contributed by atoms with Crippen LogP contribution in [0.1, 0.15) is 49.2 Å². The highest BCUT2D eigenvalue weighted by atomic mass is 32.1. The second kappa shape index (κ2) is 8.87. The number of carbonyl (C=O) groups is 2. The van der Waals surface area contributed by atoms with Gasteiger partial charge in [0, 0.05) is 18.0 Å². The zero-order valence-corrected chi connectivity index (χ0v) is 16.0. The van der Waals surface area contributed by atoms with Gasteiger partial charge >= 0.3 is 12.0 Å². The fraction of sp³-hybridized carbons (Fsp3) is 0.556. The van der Waals surface area contributed by atoms with Crippen LogP contribution in [0.15, 0.2) is 24.8 Å². The van der Waals surface area contributed by atoms with Gasteiger partial charge in [-0.2, -0.15) is 0 Å². The van der Waals surface area contributed by atoms with E-state index in [0.717, 1.165) is 4.88 Å². The third kappa shape index (κ3) is 7.17. The Balaban J connectivity index is 2.78. The Labute approximate surface area is 148 Å². The summed E-state index contributed by atoms with van der Waals surface area (Å²) in [5.41, 5.74) is -0.518. The Kier molecular flexibility index (Phi) is 7.48. The van der Waals surface area contributed by atoms with Crippen molar-refractivity contribution >= 4 is 23.3 Å². The van der Waals surface area contributed by atoms with Gasteiger partial charge in [-0.25, -0.2) is 9.59 Å². The highest BCUT2D eigenvalue weighted by molar-refractivity contribution is 7.13. The second-order valence-corrected chi connectivity index (χ2v) is 8.19. The van der Waals surface area contributed by atoms with Gasteiger partial charge in [0.05, 0.1) is 6.54 Å². The van der Waals surface area contributed by atoms with Gasteiger partial charge < -0.3 is 15.0 Å². The van der Waals surface area contributed by atoms with Gasteiger partial charge in [0.1, 0.15) is 10.5 Å². The third-order valence-electron chi connectivity index (χ3n) is 2.88. The van der Waals surface area contributed by atoms with Crippen LogP contribution in [0.3, 0.4) is 0 Å². The zero-order valence-electron chi connectivity index (χ0n) is 15.2. The van der Waals surface area contributed by atoms with Crippen LogP contribution in [-0.2, 0) is 11.3 Å². The van der Waals surface area contributed by atoms with Crippen molar-refractivity contribution < 1.29 is 14.3 Å². The van der Waals surface area contributed by atoms with Gasteiger partial charge in [-0.3, -0.25) is 0 Å². The molecule has 0 aliphatic rings. The monoisotopic (exact) mass is 352 g/mol. The summed E-state index contributed by atoms with van der Waals surface area (Å²) in [6.07, 6.45) is 1.65. The lowest BCUT2D eigenvalue weighted by Gasteiger charge is -2.24. The maximum absolute atomic E-state index is 12.3. The van der Waals surface area contributed by atoms with Crippen LogP contribution in [-0.4, -0.2) is 35.6 Å². The highest BCUT2D eigenvalue weighted by Gasteiger charge is 2.21. The molecule has 0 atom stereocenters. The summed E-state index contributed by atoms with van der Waals surface area (Å²) in [4.78, 5) is 27.6. The zero-order chi connectivity index (χ0) is 18.3. The van der Waals surface area contributed by atoms with E-state index in [4.69, 9.17) is 4.74 Å². The summed E-state index contributed by atoms with van der Waals surface area (Å²) in [5.74, 6) is 0.0232. The Morgan fingerprint density at radius 3 is 2.58 bits per heavy atom. The highest BCUT2D eigenvalue weighted by Crippen LogP contribution is 2.22. The molecule has 2 amide bonds. The van der Waals surface area contributed by atoms with E-state index in [-0.39, 0.29) is 12.0 Å². The Morgan fingerprint density at radius 1 is 1.38 bits per heavy atom. The molecule has 0 aliphatic heterocycles. The number of carbonyl (C=O) groups excluding carboxylic acids is 2. The molecule has 134 valence electrons. The standard InChI is InChI=1S/C18H28N2O3S/c1-7-10-19-17(22)20(11-13(2)3)12-14-8-9-15(24-14)16(21)23-18(4,5)6/h7-9,13H,1,10-12H2,2-6H3,(H,19,22). The number of urea groups is 1. The summed E-state index contributed by atoms with van der Waals surface area (Å²) in [6, 6.07) is 3.50. The van der Waals surface area contributed by atoms with E-state index in [9.17, 15) is 9.59 Å². The van der Waals surface area contributed by atoms with Crippen molar-refractivity contribution in [2.45, 2.75) is 46.8 Å². The van der Waals surface area contributed by atoms with Crippen molar-refractivity contribution in [3.63, 3.8) is 0 Å². The van der Waals surface area contributed by atoms with Crippen LogP contribution in [0.4, 0.5) is 4.79 Å². The average molecular weight is 353 g/mol. The fourth-order valence-electron chi connectivity index (χ4n) is 2.02. The number of esters is 1. The molecule has 0 bridgehead atoms. The van der Waals surface area contributed by atoms with E-state index in [0.29, 0.717) is 30.4 Å². The molecule has 1 rings (SSSR count). The van der Waals surface area contributed by atoms with Crippen LogP contribution in [0, 0.1) is 5.92 Å². The molecule has 0 spiro atoms. The van der Waals surface area contributed by atoms with Gasteiger partial charge in [0.15, 0.2) is 0 Å². The van der Waals surface area contributed by atoms with Crippen LogP contribution in [0.2, 0.25) is 0 Å². The first-order valence-corrected chi connectivity index (χ1v) is 8.89. The summed E-state index contributed by atoms with van der Waals surface area (Å²) in [7, 11) is 0. The molecule has 0 radical (unpaired) electrons. The van der Waals surface area contributed by atoms with Crippen molar-refractivity contribution in [3.8, 4) is 0 Å². The van der Waals surface area contributed by atoms with E-state index in [1.807, 2.05) is 26.8 Å². The van der Waals surface area contributed by atoms with Crippen molar-refractivity contribution in [2.75, 3.05) is 13.1 Å². The van der Waals surface area contributed by atoms with Crippen molar-refractivity contribution in [3.05, 3.63) is 34.5 Å². The first-order valence-electron chi connectivity index (χ1n) is 8.08. The molecule has 6 heteroatoms. The molecule has 0 aliphatic carbocycles. The van der Waals surface area contributed by atoms with Crippen molar-refractivity contribution in [2.24, 2.45) is 5.92 Å². The number of hydrogen-bond donors (Lipinski definition) is 1. The quantitative estimate of drug-likeness (QED) is 0.595. The first kappa shape index (κ1) is 20.2. The molecule has 1 aromatic heterocycles. The van der Waals surface area contributed by atoms with Crippen LogP contribution < -0.4 is 5.32 Å². The molecule has 0 aromatic carbocycles. The van der Waals surface area contributed by atoms with Gasteiger partial charge in [-0.15, -0.1) is 17.9 Å². The normalized spacial score (nSPS) is 11.2. The smallest absolute Gasteiger partial charge is 0.348 e. The number of thiophene rings is 1. The Bertz CT molecular complexity index is 573. The number of nitrogens with one attached hydrogen (secondary N) is 1. The van der Waals surface area contributed by atoms with Crippen molar-refractivity contribution in [1.82, 2.24) is 10.2 Å². The van der Waals surface area contributed by atoms with E-state index < -0.39 is 5.60 Å².